The Morgan fingerprint density at radius 2 is 2.22 bits per heavy atom. The van der Waals surface area contributed by atoms with E-state index in [0.717, 1.165) is 31.6 Å². The highest BCUT2D eigenvalue weighted by molar-refractivity contribution is 5.94. The van der Waals surface area contributed by atoms with Gasteiger partial charge in [0.05, 0.1) is 0 Å². The van der Waals surface area contributed by atoms with Crippen LogP contribution in [0.4, 0.5) is 5.82 Å². The van der Waals surface area contributed by atoms with E-state index in [4.69, 9.17) is 0 Å². The number of hydrogen-bond acceptors (Lipinski definition) is 3. The second-order valence-corrected chi connectivity index (χ2v) is 4.48. The first-order chi connectivity index (χ1) is 8.67. The summed E-state index contributed by atoms with van der Waals surface area (Å²) in [6, 6.07) is 3.74. The molecule has 0 aromatic carbocycles. The Hall–Kier alpha value is -1.58. The number of carbonyl (C=O) groups is 1. The maximum atomic E-state index is 12.0. The van der Waals surface area contributed by atoms with Crippen molar-refractivity contribution < 1.29 is 4.79 Å². The summed E-state index contributed by atoms with van der Waals surface area (Å²) in [4.78, 5) is 16.2. The summed E-state index contributed by atoms with van der Waals surface area (Å²) in [5.41, 5.74) is 0.657. The van der Waals surface area contributed by atoms with Crippen LogP contribution in [0.25, 0.3) is 0 Å². The van der Waals surface area contributed by atoms with Gasteiger partial charge in [-0.3, -0.25) is 4.79 Å². The summed E-state index contributed by atoms with van der Waals surface area (Å²) in [5, 5.41) is 6.11. The predicted molar refractivity (Wildman–Crippen MR) is 74.9 cm³/mol. The molecule has 1 aromatic heterocycles. The highest BCUT2D eigenvalue weighted by Crippen LogP contribution is 2.07. The molecule has 1 aromatic rings. The number of rotatable bonds is 7. The van der Waals surface area contributed by atoms with Gasteiger partial charge in [-0.25, -0.2) is 4.98 Å². The van der Waals surface area contributed by atoms with E-state index >= 15 is 0 Å². The molecule has 100 valence electrons. The first-order valence-electron chi connectivity index (χ1n) is 6.68. The Kier molecular flexibility index (Phi) is 6.19. The predicted octanol–water partition coefficient (Wildman–Crippen LogP) is 2.82. The Labute approximate surface area is 109 Å². The van der Waals surface area contributed by atoms with Crippen LogP contribution in [-0.4, -0.2) is 23.5 Å². The molecule has 0 spiro atoms. The SMILES string of the molecule is CCCCC(C)NC(=O)c1ccnc(NCC)c1. The van der Waals surface area contributed by atoms with E-state index in [0.29, 0.717) is 5.56 Å². The number of nitrogens with zero attached hydrogens (tertiary/aromatic N) is 1. The van der Waals surface area contributed by atoms with Crippen molar-refractivity contribution in [1.29, 1.82) is 0 Å². The zero-order valence-electron chi connectivity index (χ0n) is 11.5. The Bertz CT molecular complexity index is 379. The van der Waals surface area contributed by atoms with Crippen molar-refractivity contribution in [3.8, 4) is 0 Å². The zero-order valence-corrected chi connectivity index (χ0v) is 11.5. The van der Waals surface area contributed by atoms with Crippen LogP contribution in [0.2, 0.25) is 0 Å². The summed E-state index contributed by atoms with van der Waals surface area (Å²) < 4.78 is 0. The molecular formula is C14H23N3O. The maximum Gasteiger partial charge on any atom is 0.251 e. The quantitative estimate of drug-likeness (QED) is 0.781. The normalized spacial score (nSPS) is 11.9. The van der Waals surface area contributed by atoms with Crippen LogP contribution < -0.4 is 10.6 Å². The molecule has 4 heteroatoms. The highest BCUT2D eigenvalue weighted by Gasteiger charge is 2.10. The Balaban J connectivity index is 2.57. The van der Waals surface area contributed by atoms with Crippen LogP contribution in [0.5, 0.6) is 0 Å². The average Bonchev–Trinajstić information content (AvgIpc) is 2.37. The number of nitrogens with one attached hydrogen (secondary N) is 2. The molecule has 0 aliphatic heterocycles. The molecule has 1 amide bonds. The van der Waals surface area contributed by atoms with Gasteiger partial charge in [0.15, 0.2) is 0 Å². The molecule has 1 heterocycles. The van der Waals surface area contributed by atoms with Crippen LogP contribution in [0, 0.1) is 0 Å². The molecule has 18 heavy (non-hydrogen) atoms. The van der Waals surface area contributed by atoms with Crippen molar-refractivity contribution in [3.05, 3.63) is 23.9 Å². The second kappa shape index (κ2) is 7.69. The lowest BCUT2D eigenvalue weighted by molar-refractivity contribution is 0.0938. The fraction of sp³-hybridized carbons (Fsp3) is 0.571. The number of hydrogen-bond donors (Lipinski definition) is 2. The van der Waals surface area contributed by atoms with Gasteiger partial charge in [0.2, 0.25) is 0 Å². The highest BCUT2D eigenvalue weighted by atomic mass is 16.1. The summed E-state index contributed by atoms with van der Waals surface area (Å²) in [7, 11) is 0. The lowest BCUT2D eigenvalue weighted by Gasteiger charge is -2.13. The number of pyridine rings is 1. The van der Waals surface area contributed by atoms with Crippen LogP contribution >= 0.6 is 0 Å². The third kappa shape index (κ3) is 4.73. The molecule has 1 rings (SSSR count). The van der Waals surface area contributed by atoms with E-state index in [9.17, 15) is 4.79 Å². The van der Waals surface area contributed by atoms with E-state index in [-0.39, 0.29) is 11.9 Å². The first-order valence-corrected chi connectivity index (χ1v) is 6.68. The molecule has 0 aliphatic carbocycles. The molecule has 4 nitrogen and oxygen atoms in total. The smallest absolute Gasteiger partial charge is 0.251 e. The van der Waals surface area contributed by atoms with Gasteiger partial charge in [0.1, 0.15) is 5.82 Å². The molecule has 0 bridgehead atoms. The molecule has 0 saturated carbocycles. The fourth-order valence-corrected chi connectivity index (χ4v) is 1.74. The molecule has 1 atom stereocenters. The Morgan fingerprint density at radius 1 is 1.44 bits per heavy atom. The van der Waals surface area contributed by atoms with Crippen molar-refractivity contribution in [1.82, 2.24) is 10.3 Å². The molecule has 0 radical (unpaired) electrons. The monoisotopic (exact) mass is 249 g/mol. The lowest BCUT2D eigenvalue weighted by atomic mass is 10.1. The van der Waals surface area contributed by atoms with Crippen molar-refractivity contribution in [3.63, 3.8) is 0 Å². The third-order valence-corrected chi connectivity index (χ3v) is 2.75. The average molecular weight is 249 g/mol. The largest absolute Gasteiger partial charge is 0.370 e. The van der Waals surface area contributed by atoms with Crippen LogP contribution in [-0.2, 0) is 0 Å². The maximum absolute atomic E-state index is 12.0. The first kappa shape index (κ1) is 14.5. The molecule has 0 saturated heterocycles. The van der Waals surface area contributed by atoms with E-state index in [1.54, 1.807) is 18.3 Å². The second-order valence-electron chi connectivity index (χ2n) is 4.48. The van der Waals surface area contributed by atoms with Crippen LogP contribution in [0.1, 0.15) is 50.4 Å². The van der Waals surface area contributed by atoms with Crippen molar-refractivity contribution >= 4 is 11.7 Å². The van der Waals surface area contributed by atoms with Crippen LogP contribution in [0.15, 0.2) is 18.3 Å². The zero-order chi connectivity index (χ0) is 13.4. The summed E-state index contributed by atoms with van der Waals surface area (Å²) >= 11 is 0. The van der Waals surface area contributed by atoms with Crippen molar-refractivity contribution in [2.45, 2.75) is 46.1 Å². The summed E-state index contributed by atoms with van der Waals surface area (Å²) in [5.74, 6) is 0.714. The Morgan fingerprint density at radius 3 is 2.89 bits per heavy atom. The van der Waals surface area contributed by atoms with Gasteiger partial charge in [0, 0.05) is 24.3 Å². The molecule has 0 aliphatic rings. The van der Waals surface area contributed by atoms with E-state index < -0.39 is 0 Å². The minimum Gasteiger partial charge on any atom is -0.370 e. The van der Waals surface area contributed by atoms with Crippen molar-refractivity contribution in [2.24, 2.45) is 0 Å². The number of aromatic nitrogens is 1. The summed E-state index contributed by atoms with van der Waals surface area (Å²) in [6.45, 7) is 6.99. The minimum atomic E-state index is -0.0276. The van der Waals surface area contributed by atoms with Gasteiger partial charge in [-0.2, -0.15) is 0 Å². The number of unbranched alkanes of at least 4 members (excludes halogenated alkanes) is 1. The fourth-order valence-electron chi connectivity index (χ4n) is 1.74. The molecule has 1 unspecified atom stereocenters. The van der Waals surface area contributed by atoms with Crippen LogP contribution in [0.3, 0.4) is 0 Å². The topological polar surface area (TPSA) is 54.0 Å². The van der Waals surface area contributed by atoms with Gasteiger partial charge in [-0.05, 0) is 32.4 Å². The van der Waals surface area contributed by atoms with Gasteiger partial charge < -0.3 is 10.6 Å². The minimum absolute atomic E-state index is 0.0276. The van der Waals surface area contributed by atoms with Gasteiger partial charge >= 0.3 is 0 Å². The molecule has 2 N–H and O–H groups in total. The standard InChI is InChI=1S/C14H23N3O/c1-4-6-7-11(3)17-14(18)12-8-9-16-13(10-12)15-5-2/h8-11H,4-7H2,1-3H3,(H,15,16)(H,17,18). The van der Waals surface area contributed by atoms with E-state index in [1.807, 2.05) is 13.8 Å². The number of amides is 1. The summed E-state index contributed by atoms with van der Waals surface area (Å²) in [6.07, 6.45) is 4.97. The van der Waals surface area contributed by atoms with Crippen molar-refractivity contribution in [2.75, 3.05) is 11.9 Å². The molecule has 0 fully saturated rings. The van der Waals surface area contributed by atoms with E-state index in [1.165, 1.54) is 0 Å². The lowest BCUT2D eigenvalue weighted by Crippen LogP contribution is -2.32. The van der Waals surface area contributed by atoms with Gasteiger partial charge in [-0.1, -0.05) is 19.8 Å². The number of anilines is 1. The van der Waals surface area contributed by atoms with Gasteiger partial charge in [-0.15, -0.1) is 0 Å². The van der Waals surface area contributed by atoms with E-state index in [2.05, 4.69) is 22.5 Å². The number of carbonyl (C=O) groups excluding carboxylic acids is 1. The third-order valence-electron chi connectivity index (χ3n) is 2.75. The van der Waals surface area contributed by atoms with Gasteiger partial charge in [0.25, 0.3) is 5.91 Å². The molecular weight excluding hydrogens is 226 g/mol.